The zero-order valence-electron chi connectivity index (χ0n) is 15.5. The topological polar surface area (TPSA) is 84.5 Å². The fourth-order valence-corrected chi connectivity index (χ4v) is 3.81. The highest BCUT2D eigenvalue weighted by Gasteiger charge is 2.18. The van der Waals surface area contributed by atoms with Gasteiger partial charge in [-0.1, -0.05) is 24.3 Å². The lowest BCUT2D eigenvalue weighted by molar-refractivity contribution is 0.102. The molecule has 0 aliphatic heterocycles. The molecule has 3 aromatic rings. The van der Waals surface area contributed by atoms with Crippen molar-refractivity contribution in [1.82, 2.24) is 0 Å². The van der Waals surface area contributed by atoms with Crippen LogP contribution in [0.5, 0.6) is 5.75 Å². The van der Waals surface area contributed by atoms with Crippen molar-refractivity contribution < 1.29 is 17.9 Å². The summed E-state index contributed by atoms with van der Waals surface area (Å²) in [6, 6.07) is 19.9. The number of anilines is 2. The highest BCUT2D eigenvalue weighted by molar-refractivity contribution is 7.92. The van der Waals surface area contributed by atoms with E-state index in [2.05, 4.69) is 10.0 Å². The zero-order chi connectivity index (χ0) is 20.1. The first kappa shape index (κ1) is 19.4. The third-order valence-electron chi connectivity index (χ3n) is 4.22. The summed E-state index contributed by atoms with van der Waals surface area (Å²) in [6.45, 7) is 1.70. The van der Waals surface area contributed by atoms with Gasteiger partial charge in [-0.3, -0.25) is 9.52 Å². The zero-order valence-corrected chi connectivity index (χ0v) is 16.3. The van der Waals surface area contributed by atoms with Gasteiger partial charge in [0.15, 0.2) is 0 Å². The Labute approximate surface area is 164 Å². The molecule has 0 bridgehead atoms. The molecular formula is C21H20N2O4S. The Morgan fingerprint density at radius 2 is 1.57 bits per heavy atom. The molecule has 0 aliphatic carbocycles. The number of ether oxygens (including phenoxy) is 1. The van der Waals surface area contributed by atoms with E-state index in [0.717, 1.165) is 0 Å². The summed E-state index contributed by atoms with van der Waals surface area (Å²) in [5.41, 5.74) is 1.88. The van der Waals surface area contributed by atoms with Gasteiger partial charge in [0.2, 0.25) is 0 Å². The first-order chi connectivity index (χ1) is 13.4. The monoisotopic (exact) mass is 396 g/mol. The molecule has 2 N–H and O–H groups in total. The Hall–Kier alpha value is -3.32. The van der Waals surface area contributed by atoms with Crippen molar-refractivity contribution in [3.8, 4) is 5.75 Å². The second-order valence-electron chi connectivity index (χ2n) is 6.08. The molecule has 0 spiro atoms. The minimum atomic E-state index is -3.74. The van der Waals surface area contributed by atoms with Crippen molar-refractivity contribution in [3.63, 3.8) is 0 Å². The first-order valence-corrected chi connectivity index (χ1v) is 10.0. The molecule has 0 saturated heterocycles. The van der Waals surface area contributed by atoms with Gasteiger partial charge in [-0.25, -0.2) is 8.42 Å². The number of methoxy groups -OCH3 is 1. The molecule has 28 heavy (non-hydrogen) atoms. The lowest BCUT2D eigenvalue weighted by Gasteiger charge is -2.14. The van der Waals surface area contributed by atoms with Gasteiger partial charge in [0.1, 0.15) is 5.75 Å². The van der Waals surface area contributed by atoms with Crippen LogP contribution in [0.1, 0.15) is 15.9 Å². The van der Waals surface area contributed by atoms with Crippen molar-refractivity contribution >= 4 is 27.3 Å². The summed E-state index contributed by atoms with van der Waals surface area (Å²) in [6.07, 6.45) is 0. The third kappa shape index (κ3) is 4.32. The van der Waals surface area contributed by atoms with Gasteiger partial charge in [0.25, 0.3) is 15.9 Å². The van der Waals surface area contributed by atoms with E-state index in [1.807, 2.05) is 0 Å². The van der Waals surface area contributed by atoms with E-state index < -0.39 is 10.0 Å². The lowest BCUT2D eigenvalue weighted by Crippen LogP contribution is -2.17. The quantitative estimate of drug-likeness (QED) is 0.658. The smallest absolute Gasteiger partial charge is 0.261 e. The van der Waals surface area contributed by atoms with Crippen LogP contribution in [-0.2, 0) is 10.0 Å². The van der Waals surface area contributed by atoms with Crippen LogP contribution in [0.2, 0.25) is 0 Å². The van der Waals surface area contributed by atoms with Crippen molar-refractivity contribution in [3.05, 3.63) is 83.9 Å². The maximum Gasteiger partial charge on any atom is 0.261 e. The minimum absolute atomic E-state index is 0.155. The summed E-state index contributed by atoms with van der Waals surface area (Å²) in [5.74, 6) is 0.356. The van der Waals surface area contributed by atoms with E-state index in [4.69, 9.17) is 4.74 Å². The van der Waals surface area contributed by atoms with Crippen LogP contribution in [0.15, 0.2) is 77.7 Å². The summed E-state index contributed by atoms with van der Waals surface area (Å²) in [5, 5.41) is 2.80. The Morgan fingerprint density at radius 1 is 0.893 bits per heavy atom. The number of hydrogen-bond acceptors (Lipinski definition) is 4. The molecule has 3 rings (SSSR count). The number of benzene rings is 3. The van der Waals surface area contributed by atoms with Gasteiger partial charge in [0, 0.05) is 11.3 Å². The maximum absolute atomic E-state index is 12.7. The van der Waals surface area contributed by atoms with Crippen LogP contribution < -0.4 is 14.8 Å². The molecule has 7 heteroatoms. The average molecular weight is 396 g/mol. The van der Waals surface area contributed by atoms with Crippen molar-refractivity contribution in [1.29, 1.82) is 0 Å². The van der Waals surface area contributed by atoms with Crippen LogP contribution in [0.4, 0.5) is 11.4 Å². The maximum atomic E-state index is 12.7. The predicted octanol–water partition coefficient (Wildman–Crippen LogP) is 4.06. The standard InChI is InChI=1S/C21H20N2O4S/c1-15-19(21(24)22-16-11-13-17(27-2)14-12-16)9-6-10-20(15)23-28(25,26)18-7-4-3-5-8-18/h3-14,23H,1-2H3,(H,22,24). The highest BCUT2D eigenvalue weighted by Crippen LogP contribution is 2.24. The van der Waals surface area contributed by atoms with Gasteiger partial charge < -0.3 is 10.1 Å². The summed E-state index contributed by atoms with van der Waals surface area (Å²) in [4.78, 5) is 12.8. The molecule has 0 saturated carbocycles. The van der Waals surface area contributed by atoms with Gasteiger partial charge in [-0.05, 0) is 61.0 Å². The van der Waals surface area contributed by atoms with E-state index in [-0.39, 0.29) is 10.8 Å². The molecule has 0 fully saturated rings. The minimum Gasteiger partial charge on any atom is -0.497 e. The molecule has 1 amide bonds. The number of carbonyl (C=O) groups excluding carboxylic acids is 1. The molecular weight excluding hydrogens is 376 g/mol. The van der Waals surface area contributed by atoms with Gasteiger partial charge in [-0.15, -0.1) is 0 Å². The van der Waals surface area contributed by atoms with E-state index in [9.17, 15) is 13.2 Å². The Kier molecular flexibility index (Phi) is 5.65. The Balaban J connectivity index is 1.83. The molecule has 0 aromatic heterocycles. The fourth-order valence-electron chi connectivity index (χ4n) is 2.67. The van der Waals surface area contributed by atoms with Crippen LogP contribution >= 0.6 is 0 Å². The van der Waals surface area contributed by atoms with Crippen molar-refractivity contribution in [2.24, 2.45) is 0 Å². The highest BCUT2D eigenvalue weighted by atomic mass is 32.2. The summed E-state index contributed by atoms with van der Waals surface area (Å²) >= 11 is 0. The van der Waals surface area contributed by atoms with Gasteiger partial charge >= 0.3 is 0 Å². The van der Waals surface area contributed by atoms with Crippen LogP contribution in [0, 0.1) is 6.92 Å². The largest absolute Gasteiger partial charge is 0.497 e. The molecule has 3 aromatic carbocycles. The molecule has 144 valence electrons. The van der Waals surface area contributed by atoms with E-state index >= 15 is 0 Å². The first-order valence-electron chi connectivity index (χ1n) is 8.53. The van der Waals surface area contributed by atoms with Gasteiger partial charge in [0.05, 0.1) is 17.7 Å². The number of nitrogens with one attached hydrogen (secondary N) is 2. The summed E-state index contributed by atoms with van der Waals surface area (Å²) < 4.78 is 32.8. The fraction of sp³-hybridized carbons (Fsp3) is 0.0952. The molecule has 0 heterocycles. The number of hydrogen-bond donors (Lipinski definition) is 2. The molecule has 0 aliphatic rings. The number of rotatable bonds is 6. The van der Waals surface area contributed by atoms with Crippen LogP contribution in [0.3, 0.4) is 0 Å². The van der Waals surface area contributed by atoms with Crippen molar-refractivity contribution in [2.75, 3.05) is 17.1 Å². The normalized spacial score (nSPS) is 10.9. The number of amides is 1. The van der Waals surface area contributed by atoms with Crippen LogP contribution in [0.25, 0.3) is 0 Å². The van der Waals surface area contributed by atoms with Gasteiger partial charge in [-0.2, -0.15) is 0 Å². The second-order valence-corrected chi connectivity index (χ2v) is 7.76. The van der Waals surface area contributed by atoms with E-state index in [1.165, 1.54) is 12.1 Å². The van der Waals surface area contributed by atoms with Crippen LogP contribution in [-0.4, -0.2) is 21.4 Å². The second kappa shape index (κ2) is 8.14. The Bertz CT molecular complexity index is 1080. The van der Waals surface area contributed by atoms with Crippen molar-refractivity contribution in [2.45, 2.75) is 11.8 Å². The molecule has 0 unspecified atom stereocenters. The predicted molar refractivity (Wildman–Crippen MR) is 109 cm³/mol. The van der Waals surface area contributed by atoms with E-state index in [1.54, 1.807) is 74.7 Å². The Morgan fingerprint density at radius 3 is 2.21 bits per heavy atom. The lowest BCUT2D eigenvalue weighted by atomic mass is 10.1. The summed E-state index contributed by atoms with van der Waals surface area (Å²) in [7, 11) is -2.17. The molecule has 0 radical (unpaired) electrons. The number of carbonyl (C=O) groups is 1. The molecule has 0 atom stereocenters. The number of sulfonamides is 1. The van der Waals surface area contributed by atoms with E-state index in [0.29, 0.717) is 28.3 Å². The third-order valence-corrected chi connectivity index (χ3v) is 5.61. The SMILES string of the molecule is COc1ccc(NC(=O)c2cccc(NS(=O)(=O)c3ccccc3)c2C)cc1. The molecule has 6 nitrogen and oxygen atoms in total. The average Bonchev–Trinajstić information content (AvgIpc) is 2.70.